The van der Waals surface area contributed by atoms with Gasteiger partial charge in [-0.3, -0.25) is 0 Å². The van der Waals surface area contributed by atoms with Crippen LogP contribution in [0.3, 0.4) is 0 Å². The molecule has 0 heteroatoms. The van der Waals surface area contributed by atoms with Crippen LogP contribution < -0.4 is 0 Å². The smallest absolute Gasteiger partial charge is 0.0162 e. The lowest BCUT2D eigenvalue weighted by atomic mass is 9.87. The zero-order chi connectivity index (χ0) is 13.9. The van der Waals surface area contributed by atoms with Gasteiger partial charge in [-0.05, 0) is 24.3 Å². The van der Waals surface area contributed by atoms with Gasteiger partial charge in [0.2, 0.25) is 0 Å². The molecule has 0 radical (unpaired) electrons. The molecule has 0 bridgehead atoms. The van der Waals surface area contributed by atoms with E-state index in [0.29, 0.717) is 0 Å². The molecule has 0 aromatic heterocycles. The predicted molar refractivity (Wildman–Crippen MR) is 88.4 cm³/mol. The third kappa shape index (κ3) is 5.77. The Morgan fingerprint density at radius 1 is 0.500 bits per heavy atom. The van der Waals surface area contributed by atoms with E-state index < -0.39 is 0 Å². The largest absolute Gasteiger partial charge is 0.0623 e. The highest BCUT2D eigenvalue weighted by atomic mass is 14.2. The molecule has 0 amide bonds. The summed E-state index contributed by atoms with van der Waals surface area (Å²) in [6.07, 6.45) is 12.7. The quantitative estimate of drug-likeness (QED) is 0.551. The second-order valence-corrected chi connectivity index (χ2v) is 5.93. The number of hydrogen-bond donors (Lipinski definition) is 0. The molecule has 2 rings (SSSR count). The summed E-state index contributed by atoms with van der Waals surface area (Å²) in [7, 11) is 0. The monoisotopic (exact) mass is 268 g/mol. The topological polar surface area (TPSA) is 0 Å². The molecule has 0 nitrogen and oxygen atoms in total. The normalized spacial score (nSPS) is 18.0. The van der Waals surface area contributed by atoms with E-state index in [1.54, 1.807) is 0 Å². The van der Waals surface area contributed by atoms with Crippen molar-refractivity contribution >= 4 is 0 Å². The Bertz CT molecular complexity index is 385. The summed E-state index contributed by atoms with van der Waals surface area (Å²) in [6.45, 7) is 0. The Kier molecular flexibility index (Phi) is 7.23. The molecule has 0 spiro atoms. The van der Waals surface area contributed by atoms with Crippen LogP contribution in [0.25, 0.3) is 0 Å². The van der Waals surface area contributed by atoms with Gasteiger partial charge in [0.05, 0.1) is 0 Å². The zero-order valence-corrected chi connectivity index (χ0v) is 12.6. The van der Waals surface area contributed by atoms with Crippen LogP contribution in [0.4, 0.5) is 0 Å². The van der Waals surface area contributed by atoms with Crippen molar-refractivity contribution in [2.75, 3.05) is 0 Å². The first-order chi connectivity index (χ1) is 9.97. The Labute approximate surface area is 124 Å². The summed E-state index contributed by atoms with van der Waals surface area (Å²) in [6, 6.07) is 19.5. The third-order valence-corrected chi connectivity index (χ3v) is 4.32. The molecule has 20 heavy (non-hydrogen) atoms. The lowest BCUT2D eigenvalue weighted by Gasteiger charge is -2.18. The highest BCUT2D eigenvalue weighted by molar-refractivity contribution is 5.17. The van der Waals surface area contributed by atoms with Crippen molar-refractivity contribution in [1.29, 1.82) is 0 Å². The molecule has 0 aliphatic heterocycles. The fourth-order valence-corrected chi connectivity index (χ4v) is 3.12. The first kappa shape index (κ1) is 15.1. The second kappa shape index (κ2) is 9.58. The summed E-state index contributed by atoms with van der Waals surface area (Å²) >= 11 is 0. The van der Waals surface area contributed by atoms with E-state index >= 15 is 0 Å². The first-order valence-corrected chi connectivity index (χ1v) is 8.35. The molecule has 1 aromatic rings. The number of rotatable bonds is 1. The van der Waals surface area contributed by atoms with Crippen molar-refractivity contribution in [2.24, 2.45) is 0 Å². The van der Waals surface area contributed by atoms with Crippen LogP contribution in [0.2, 0.25) is 0 Å². The average molecular weight is 268 g/mol. The highest BCUT2D eigenvalue weighted by Crippen LogP contribution is 2.29. The van der Waals surface area contributed by atoms with Crippen LogP contribution in [0.1, 0.15) is 69.3 Å². The summed E-state index contributed by atoms with van der Waals surface area (Å²) in [5.74, 6) is 0.755. The third-order valence-electron chi connectivity index (χ3n) is 4.32. The minimum atomic E-state index is 0.755. The van der Waals surface area contributed by atoms with Gasteiger partial charge < -0.3 is 0 Å². The fraction of sp³-hybridized carbons (Fsp3) is 0.500. The first-order valence-electron chi connectivity index (χ1n) is 8.35. The number of hydrogen-bond acceptors (Lipinski definition) is 0. The molecule has 1 aliphatic rings. The zero-order valence-electron chi connectivity index (χ0n) is 12.6. The van der Waals surface area contributed by atoms with Crippen LogP contribution in [-0.2, 0) is 0 Å². The SMILES string of the molecule is c1ccccc(C2CCCCCCCCC2)cccc1. The highest BCUT2D eigenvalue weighted by Gasteiger charge is 2.11. The molecule has 108 valence electrons. The Hall–Kier alpha value is -1.30. The van der Waals surface area contributed by atoms with Gasteiger partial charge >= 0.3 is 0 Å². The molecular weight excluding hydrogens is 240 g/mol. The Morgan fingerprint density at radius 2 is 0.900 bits per heavy atom. The van der Waals surface area contributed by atoms with Gasteiger partial charge in [-0.2, -0.15) is 0 Å². The summed E-state index contributed by atoms with van der Waals surface area (Å²) in [4.78, 5) is 0. The Morgan fingerprint density at radius 3 is 1.40 bits per heavy atom. The van der Waals surface area contributed by atoms with Crippen molar-refractivity contribution in [3.05, 3.63) is 60.2 Å². The van der Waals surface area contributed by atoms with Crippen LogP contribution in [0.15, 0.2) is 54.6 Å². The van der Waals surface area contributed by atoms with Crippen LogP contribution in [0.5, 0.6) is 0 Å². The van der Waals surface area contributed by atoms with Crippen LogP contribution >= 0.6 is 0 Å². The lowest BCUT2D eigenvalue weighted by Crippen LogP contribution is -2.00. The van der Waals surface area contributed by atoms with Crippen molar-refractivity contribution < 1.29 is 0 Å². The fourth-order valence-electron chi connectivity index (χ4n) is 3.12. The molecule has 0 atom stereocenters. The van der Waals surface area contributed by atoms with Crippen molar-refractivity contribution in [3.8, 4) is 0 Å². The molecule has 1 fully saturated rings. The van der Waals surface area contributed by atoms with Gasteiger partial charge in [0, 0.05) is 0 Å². The summed E-state index contributed by atoms with van der Waals surface area (Å²) in [5.41, 5.74) is 1.52. The maximum Gasteiger partial charge on any atom is -0.0162 e. The van der Waals surface area contributed by atoms with E-state index in [4.69, 9.17) is 0 Å². The van der Waals surface area contributed by atoms with Gasteiger partial charge in [0.25, 0.3) is 0 Å². The Balaban J connectivity index is 2.13. The molecule has 1 aromatic carbocycles. The van der Waals surface area contributed by atoms with E-state index in [1.807, 2.05) is 0 Å². The van der Waals surface area contributed by atoms with E-state index in [1.165, 1.54) is 63.4 Å². The minimum absolute atomic E-state index is 0.755. The molecule has 1 saturated carbocycles. The maximum absolute atomic E-state index is 2.32. The van der Waals surface area contributed by atoms with E-state index in [0.717, 1.165) is 5.92 Å². The van der Waals surface area contributed by atoms with Crippen LogP contribution in [0, 0.1) is 0 Å². The lowest BCUT2D eigenvalue weighted by molar-refractivity contribution is 0.463. The second-order valence-electron chi connectivity index (χ2n) is 5.93. The molecule has 0 unspecified atom stereocenters. The summed E-state index contributed by atoms with van der Waals surface area (Å²) in [5, 5.41) is 0. The molecule has 0 saturated heterocycles. The summed E-state index contributed by atoms with van der Waals surface area (Å²) < 4.78 is 0. The average Bonchev–Trinajstić information content (AvgIpc) is 2.50. The molecule has 0 N–H and O–H groups in total. The van der Waals surface area contributed by atoms with Gasteiger partial charge in [-0.25, -0.2) is 0 Å². The molecule has 0 heterocycles. The maximum atomic E-state index is 2.32. The molecular formula is C20H28. The van der Waals surface area contributed by atoms with E-state index in [9.17, 15) is 0 Å². The van der Waals surface area contributed by atoms with Crippen molar-refractivity contribution in [2.45, 2.75) is 63.7 Å². The van der Waals surface area contributed by atoms with Gasteiger partial charge in [0.15, 0.2) is 0 Å². The predicted octanol–water partition coefficient (Wildman–Crippen LogP) is 6.42. The molecule has 1 aliphatic carbocycles. The van der Waals surface area contributed by atoms with Gasteiger partial charge in [0.1, 0.15) is 0 Å². The van der Waals surface area contributed by atoms with Crippen LogP contribution in [-0.4, -0.2) is 0 Å². The van der Waals surface area contributed by atoms with E-state index in [2.05, 4.69) is 54.6 Å². The van der Waals surface area contributed by atoms with Gasteiger partial charge in [-0.15, -0.1) is 0 Å². The van der Waals surface area contributed by atoms with Gasteiger partial charge in [-0.1, -0.05) is 99.5 Å². The van der Waals surface area contributed by atoms with Crippen molar-refractivity contribution in [3.63, 3.8) is 0 Å². The minimum Gasteiger partial charge on any atom is -0.0623 e. The van der Waals surface area contributed by atoms with Crippen molar-refractivity contribution in [1.82, 2.24) is 0 Å². The van der Waals surface area contributed by atoms with E-state index in [-0.39, 0.29) is 0 Å². The standard InChI is InChI=1S/C20H28/c1-3-7-11-15-19(16-12-8-4-1)20-17-13-9-5-2-6-10-14-18-20/h1,3-4,7-8,11-12,15-16,20H,2,5-6,9-10,13-14,17-18H2.